The van der Waals surface area contributed by atoms with Gasteiger partial charge in [0.05, 0.1) is 11.3 Å². The van der Waals surface area contributed by atoms with Gasteiger partial charge in [0, 0.05) is 24.8 Å². The van der Waals surface area contributed by atoms with Crippen LogP contribution in [0.15, 0.2) is 18.2 Å². The molecule has 0 spiro atoms. The molecule has 1 N–H and O–H groups in total. The van der Waals surface area contributed by atoms with Gasteiger partial charge in [-0.05, 0) is 30.5 Å². The lowest BCUT2D eigenvalue weighted by atomic mass is 10.2. The van der Waals surface area contributed by atoms with Crippen LogP contribution in [-0.4, -0.2) is 19.8 Å². The molecule has 3 nitrogen and oxygen atoms in total. The summed E-state index contributed by atoms with van der Waals surface area (Å²) in [6.07, 6.45) is 0.917. The molecular weight excluding hydrogens is 248 g/mol. The quantitative estimate of drug-likeness (QED) is 0.766. The lowest BCUT2D eigenvalue weighted by Gasteiger charge is -2.09. The van der Waals surface area contributed by atoms with E-state index in [-0.39, 0.29) is 0 Å². The molecule has 0 amide bonds. The van der Waals surface area contributed by atoms with Crippen molar-refractivity contribution in [2.24, 2.45) is 5.92 Å². The van der Waals surface area contributed by atoms with E-state index in [1.54, 1.807) is 12.1 Å². The Morgan fingerprint density at radius 2 is 2.22 bits per heavy atom. The summed E-state index contributed by atoms with van der Waals surface area (Å²) in [5.74, 6) is 0.569. The summed E-state index contributed by atoms with van der Waals surface area (Å²) in [4.78, 5) is 0. The van der Waals surface area contributed by atoms with E-state index in [9.17, 15) is 0 Å². The number of hydrogen-bond donors (Lipinski definition) is 1. The van der Waals surface area contributed by atoms with Crippen LogP contribution in [0.3, 0.4) is 0 Å². The molecule has 0 unspecified atom stereocenters. The summed E-state index contributed by atoms with van der Waals surface area (Å²) in [7, 11) is 0. The van der Waals surface area contributed by atoms with Crippen LogP contribution in [0, 0.1) is 17.2 Å². The molecule has 0 aliphatic rings. The zero-order valence-corrected chi connectivity index (χ0v) is 11.6. The van der Waals surface area contributed by atoms with Crippen molar-refractivity contribution in [1.82, 2.24) is 0 Å². The second-order valence-electron chi connectivity index (χ2n) is 4.55. The van der Waals surface area contributed by atoms with Gasteiger partial charge in [0.15, 0.2) is 0 Å². The van der Waals surface area contributed by atoms with Crippen LogP contribution in [-0.2, 0) is 4.74 Å². The van der Waals surface area contributed by atoms with Crippen molar-refractivity contribution < 1.29 is 4.74 Å². The number of halogens is 1. The zero-order chi connectivity index (χ0) is 13.4. The predicted octanol–water partition coefficient (Wildman–Crippen LogP) is 3.69. The first-order valence-corrected chi connectivity index (χ1v) is 6.52. The van der Waals surface area contributed by atoms with E-state index in [1.807, 2.05) is 6.07 Å². The number of anilines is 1. The number of benzene rings is 1. The third-order valence-corrected chi connectivity index (χ3v) is 2.57. The SMILES string of the molecule is CC(C)COCCCNc1ccc(Cl)cc1C#N. The van der Waals surface area contributed by atoms with Crippen molar-refractivity contribution in [3.8, 4) is 6.07 Å². The van der Waals surface area contributed by atoms with Crippen LogP contribution in [0.5, 0.6) is 0 Å². The highest BCUT2D eigenvalue weighted by Gasteiger charge is 2.02. The molecule has 98 valence electrons. The van der Waals surface area contributed by atoms with Crippen LogP contribution in [0.4, 0.5) is 5.69 Å². The van der Waals surface area contributed by atoms with Crippen LogP contribution in [0.2, 0.25) is 5.02 Å². The molecule has 1 rings (SSSR count). The zero-order valence-electron chi connectivity index (χ0n) is 10.9. The smallest absolute Gasteiger partial charge is 0.101 e. The van der Waals surface area contributed by atoms with Gasteiger partial charge >= 0.3 is 0 Å². The Balaban J connectivity index is 2.29. The molecule has 0 aliphatic heterocycles. The van der Waals surface area contributed by atoms with Gasteiger partial charge in [-0.15, -0.1) is 0 Å². The van der Waals surface area contributed by atoms with E-state index in [0.29, 0.717) is 16.5 Å². The molecule has 1 aromatic rings. The molecule has 0 aromatic heterocycles. The molecule has 0 bridgehead atoms. The molecule has 0 fully saturated rings. The highest BCUT2D eigenvalue weighted by Crippen LogP contribution is 2.19. The summed E-state index contributed by atoms with van der Waals surface area (Å²) in [6.45, 7) is 6.58. The molecule has 0 aliphatic carbocycles. The van der Waals surface area contributed by atoms with Crippen LogP contribution >= 0.6 is 11.6 Å². The van der Waals surface area contributed by atoms with Gasteiger partial charge in [-0.3, -0.25) is 0 Å². The minimum Gasteiger partial charge on any atom is -0.384 e. The highest BCUT2D eigenvalue weighted by molar-refractivity contribution is 6.30. The van der Waals surface area contributed by atoms with Gasteiger partial charge in [0.2, 0.25) is 0 Å². The third-order valence-electron chi connectivity index (χ3n) is 2.33. The molecule has 4 heteroatoms. The number of hydrogen-bond acceptors (Lipinski definition) is 3. The molecule has 0 atom stereocenters. The van der Waals surface area contributed by atoms with Crippen molar-refractivity contribution in [2.45, 2.75) is 20.3 Å². The lowest BCUT2D eigenvalue weighted by molar-refractivity contribution is 0.110. The minimum atomic E-state index is 0.569. The van der Waals surface area contributed by atoms with Gasteiger partial charge in [0.1, 0.15) is 6.07 Å². The number of rotatable bonds is 7. The first-order chi connectivity index (χ1) is 8.63. The number of nitrogens with one attached hydrogen (secondary N) is 1. The maximum absolute atomic E-state index is 8.97. The number of nitrogens with zero attached hydrogens (tertiary/aromatic N) is 1. The Hall–Kier alpha value is -1.24. The standard InChI is InChI=1S/C14H19ClN2O/c1-11(2)10-18-7-3-6-17-14-5-4-13(15)8-12(14)9-16/h4-5,8,11,17H,3,6-7,10H2,1-2H3. The topological polar surface area (TPSA) is 45.0 Å². The maximum Gasteiger partial charge on any atom is 0.101 e. The van der Waals surface area contributed by atoms with E-state index in [1.165, 1.54) is 0 Å². The predicted molar refractivity (Wildman–Crippen MR) is 74.9 cm³/mol. The van der Waals surface area contributed by atoms with Crippen molar-refractivity contribution in [1.29, 1.82) is 5.26 Å². The van der Waals surface area contributed by atoms with Gasteiger partial charge in [-0.2, -0.15) is 5.26 Å². The van der Waals surface area contributed by atoms with Crippen molar-refractivity contribution in [3.63, 3.8) is 0 Å². The minimum absolute atomic E-state index is 0.569. The van der Waals surface area contributed by atoms with E-state index < -0.39 is 0 Å². The van der Waals surface area contributed by atoms with E-state index in [4.69, 9.17) is 21.6 Å². The lowest BCUT2D eigenvalue weighted by Crippen LogP contribution is -2.09. The Bertz CT molecular complexity index is 413. The monoisotopic (exact) mass is 266 g/mol. The van der Waals surface area contributed by atoms with Crippen molar-refractivity contribution in [2.75, 3.05) is 25.1 Å². The van der Waals surface area contributed by atoms with E-state index >= 15 is 0 Å². The summed E-state index contributed by atoms with van der Waals surface area (Å²) in [5, 5.41) is 12.8. The van der Waals surface area contributed by atoms with Gasteiger partial charge in [-0.1, -0.05) is 25.4 Å². The van der Waals surface area contributed by atoms with Crippen LogP contribution in [0.1, 0.15) is 25.8 Å². The average molecular weight is 267 g/mol. The Labute approximate surface area is 114 Å². The maximum atomic E-state index is 8.97. The fraction of sp³-hybridized carbons (Fsp3) is 0.500. The number of ether oxygens (including phenoxy) is 1. The summed E-state index contributed by atoms with van der Waals surface area (Å²) < 4.78 is 5.48. The Kier molecular flexibility index (Phi) is 6.56. The molecule has 0 radical (unpaired) electrons. The molecule has 0 heterocycles. The summed E-state index contributed by atoms with van der Waals surface area (Å²) in [6, 6.07) is 7.40. The van der Waals surface area contributed by atoms with Gasteiger partial charge in [-0.25, -0.2) is 0 Å². The second-order valence-corrected chi connectivity index (χ2v) is 4.99. The fourth-order valence-electron chi connectivity index (χ4n) is 1.48. The van der Waals surface area contributed by atoms with E-state index in [2.05, 4.69) is 25.2 Å². The van der Waals surface area contributed by atoms with Crippen molar-refractivity contribution in [3.05, 3.63) is 28.8 Å². The molecule has 0 saturated heterocycles. The normalized spacial score (nSPS) is 10.4. The molecular formula is C14H19ClN2O. The Morgan fingerprint density at radius 1 is 1.44 bits per heavy atom. The molecule has 0 saturated carbocycles. The largest absolute Gasteiger partial charge is 0.384 e. The number of nitriles is 1. The molecule has 18 heavy (non-hydrogen) atoms. The highest BCUT2D eigenvalue weighted by atomic mass is 35.5. The molecule has 1 aromatic carbocycles. The third kappa shape index (κ3) is 5.39. The van der Waals surface area contributed by atoms with Gasteiger partial charge in [0.25, 0.3) is 0 Å². The summed E-state index contributed by atoms with van der Waals surface area (Å²) in [5.41, 5.74) is 1.40. The fourth-order valence-corrected chi connectivity index (χ4v) is 1.65. The second kappa shape index (κ2) is 7.97. The van der Waals surface area contributed by atoms with Crippen molar-refractivity contribution >= 4 is 17.3 Å². The first kappa shape index (κ1) is 14.8. The van der Waals surface area contributed by atoms with Crippen LogP contribution in [0.25, 0.3) is 0 Å². The average Bonchev–Trinajstić information content (AvgIpc) is 2.34. The Morgan fingerprint density at radius 3 is 2.89 bits per heavy atom. The van der Waals surface area contributed by atoms with Gasteiger partial charge < -0.3 is 10.1 Å². The first-order valence-electron chi connectivity index (χ1n) is 6.14. The van der Waals surface area contributed by atoms with Crippen LogP contribution < -0.4 is 5.32 Å². The summed E-state index contributed by atoms with van der Waals surface area (Å²) >= 11 is 5.83. The van der Waals surface area contributed by atoms with E-state index in [0.717, 1.165) is 31.9 Å².